The van der Waals surface area contributed by atoms with Gasteiger partial charge in [0.15, 0.2) is 0 Å². The zero-order chi connectivity index (χ0) is 16.0. The Morgan fingerprint density at radius 2 is 1.65 bits per heavy atom. The number of alkyl halides is 2. The minimum Gasteiger partial charge on any atom is -0.444 e. The van der Waals surface area contributed by atoms with E-state index in [1.807, 2.05) is 13.8 Å². The standard InChI is InChI=1S/C12H21F2NO2S.C2H6/c1-11(2,3)17-10(16)15-7-5-9(6-8-15)12(13,14)18-4;1-2/h9H,5-8H2,1-4H3;1-2H3. The molecule has 1 amide bonds. The summed E-state index contributed by atoms with van der Waals surface area (Å²) in [5, 5.41) is -2.69. The summed E-state index contributed by atoms with van der Waals surface area (Å²) in [6.45, 7) is 10.1. The van der Waals surface area contributed by atoms with E-state index in [4.69, 9.17) is 4.74 Å². The fourth-order valence-corrected chi connectivity index (χ4v) is 2.46. The van der Waals surface area contributed by atoms with E-state index in [9.17, 15) is 13.6 Å². The van der Waals surface area contributed by atoms with Crippen LogP contribution < -0.4 is 0 Å². The van der Waals surface area contributed by atoms with Gasteiger partial charge in [-0.1, -0.05) is 25.6 Å². The third-order valence-electron chi connectivity index (χ3n) is 2.89. The smallest absolute Gasteiger partial charge is 0.410 e. The van der Waals surface area contributed by atoms with Crippen molar-refractivity contribution in [2.45, 2.75) is 58.3 Å². The number of hydrogen-bond donors (Lipinski definition) is 0. The number of thioether (sulfide) groups is 1. The third-order valence-corrected chi connectivity index (χ3v) is 3.77. The molecule has 1 heterocycles. The molecule has 1 rings (SSSR count). The molecule has 0 aliphatic carbocycles. The number of likely N-dealkylation sites (tertiary alicyclic amines) is 1. The predicted octanol–water partition coefficient (Wildman–Crippen LogP) is 4.62. The van der Waals surface area contributed by atoms with Crippen molar-refractivity contribution in [1.29, 1.82) is 0 Å². The summed E-state index contributed by atoms with van der Waals surface area (Å²) in [5.74, 6) is -0.647. The second-order valence-electron chi connectivity index (χ2n) is 5.51. The maximum Gasteiger partial charge on any atom is 0.410 e. The number of rotatable bonds is 2. The monoisotopic (exact) mass is 311 g/mol. The second-order valence-corrected chi connectivity index (χ2v) is 6.46. The van der Waals surface area contributed by atoms with Gasteiger partial charge in [-0.25, -0.2) is 4.79 Å². The minimum atomic E-state index is -2.69. The van der Waals surface area contributed by atoms with Gasteiger partial charge in [0.25, 0.3) is 5.25 Å². The van der Waals surface area contributed by atoms with Crippen LogP contribution >= 0.6 is 11.8 Å². The number of amides is 1. The van der Waals surface area contributed by atoms with E-state index >= 15 is 0 Å². The van der Waals surface area contributed by atoms with Crippen molar-refractivity contribution in [1.82, 2.24) is 4.90 Å². The highest BCUT2D eigenvalue weighted by Crippen LogP contribution is 2.40. The van der Waals surface area contributed by atoms with Crippen molar-refractivity contribution < 1.29 is 18.3 Å². The molecule has 1 aliphatic rings. The predicted molar refractivity (Wildman–Crippen MR) is 80.3 cm³/mol. The minimum absolute atomic E-state index is 0.326. The number of carbonyl (C=O) groups excluding carboxylic acids is 1. The van der Waals surface area contributed by atoms with Crippen molar-refractivity contribution in [2.24, 2.45) is 5.92 Å². The summed E-state index contributed by atoms with van der Waals surface area (Å²) >= 11 is 0.585. The summed E-state index contributed by atoms with van der Waals surface area (Å²) in [4.78, 5) is 13.3. The summed E-state index contributed by atoms with van der Waals surface area (Å²) in [6, 6.07) is 0. The first-order valence-corrected chi connectivity index (χ1v) is 8.29. The highest BCUT2D eigenvalue weighted by atomic mass is 32.2. The SMILES string of the molecule is CC.CSC(F)(F)C1CCN(C(=O)OC(C)(C)C)CC1. The Morgan fingerprint density at radius 3 is 2.00 bits per heavy atom. The highest BCUT2D eigenvalue weighted by molar-refractivity contribution is 7.99. The quantitative estimate of drug-likeness (QED) is 0.745. The molecule has 0 aromatic heterocycles. The van der Waals surface area contributed by atoms with Gasteiger partial charge < -0.3 is 9.64 Å². The number of carbonyl (C=O) groups is 1. The van der Waals surface area contributed by atoms with Crippen molar-refractivity contribution in [3.8, 4) is 0 Å². The van der Waals surface area contributed by atoms with Crippen molar-refractivity contribution in [3.05, 3.63) is 0 Å². The van der Waals surface area contributed by atoms with Crippen LogP contribution in [0.1, 0.15) is 47.5 Å². The molecule has 0 unspecified atom stereocenters. The number of hydrogen-bond acceptors (Lipinski definition) is 3. The van der Waals surface area contributed by atoms with Gasteiger partial charge in [-0.05, 0) is 39.9 Å². The first-order chi connectivity index (χ1) is 9.15. The first kappa shape index (κ1) is 19.5. The average Bonchev–Trinajstić information content (AvgIpc) is 2.39. The maximum atomic E-state index is 13.5. The van der Waals surface area contributed by atoms with Gasteiger partial charge in [0.05, 0.1) is 0 Å². The molecule has 0 radical (unpaired) electrons. The topological polar surface area (TPSA) is 29.5 Å². The van der Waals surface area contributed by atoms with Gasteiger partial charge in [-0.3, -0.25) is 0 Å². The molecule has 3 nitrogen and oxygen atoms in total. The molecule has 0 bridgehead atoms. The summed E-state index contributed by atoms with van der Waals surface area (Å²) in [7, 11) is 0. The van der Waals surface area contributed by atoms with Crippen LogP contribution in [-0.2, 0) is 4.74 Å². The van der Waals surface area contributed by atoms with E-state index in [2.05, 4.69) is 0 Å². The Kier molecular flexibility index (Phi) is 7.84. The van der Waals surface area contributed by atoms with Crippen molar-refractivity contribution in [3.63, 3.8) is 0 Å². The van der Waals surface area contributed by atoms with Gasteiger partial charge in [-0.15, -0.1) is 0 Å². The van der Waals surface area contributed by atoms with E-state index in [1.54, 1.807) is 20.8 Å². The van der Waals surface area contributed by atoms with E-state index in [-0.39, 0.29) is 0 Å². The molecule has 1 fully saturated rings. The van der Waals surface area contributed by atoms with Crippen LogP contribution in [0.4, 0.5) is 13.6 Å². The van der Waals surface area contributed by atoms with Gasteiger partial charge in [0.1, 0.15) is 5.60 Å². The van der Waals surface area contributed by atoms with E-state index in [0.717, 1.165) is 0 Å². The fraction of sp³-hybridized carbons (Fsp3) is 0.929. The molecule has 0 saturated carbocycles. The molecule has 0 aromatic carbocycles. The molecule has 1 aliphatic heterocycles. The molecule has 20 heavy (non-hydrogen) atoms. The van der Waals surface area contributed by atoms with Crippen LogP contribution in [0.15, 0.2) is 0 Å². The largest absolute Gasteiger partial charge is 0.444 e. The van der Waals surface area contributed by atoms with E-state index in [1.165, 1.54) is 11.2 Å². The lowest BCUT2D eigenvalue weighted by Crippen LogP contribution is -2.44. The average molecular weight is 311 g/mol. The molecule has 0 aromatic rings. The number of nitrogens with zero attached hydrogens (tertiary/aromatic N) is 1. The highest BCUT2D eigenvalue weighted by Gasteiger charge is 2.41. The summed E-state index contributed by atoms with van der Waals surface area (Å²) in [6.07, 6.45) is 1.66. The molecular weight excluding hydrogens is 284 g/mol. The number of piperidine rings is 1. The summed E-state index contributed by atoms with van der Waals surface area (Å²) < 4.78 is 32.2. The zero-order valence-corrected chi connectivity index (χ0v) is 14.2. The zero-order valence-electron chi connectivity index (χ0n) is 13.3. The molecule has 0 spiro atoms. The van der Waals surface area contributed by atoms with Crippen LogP contribution in [0.25, 0.3) is 0 Å². The van der Waals surface area contributed by atoms with Crippen LogP contribution in [0.5, 0.6) is 0 Å². The van der Waals surface area contributed by atoms with E-state index in [0.29, 0.717) is 37.7 Å². The van der Waals surface area contributed by atoms with Crippen LogP contribution in [0.3, 0.4) is 0 Å². The lowest BCUT2D eigenvalue weighted by atomic mass is 9.97. The Morgan fingerprint density at radius 1 is 1.20 bits per heavy atom. The number of halogens is 2. The first-order valence-electron chi connectivity index (χ1n) is 7.06. The fourth-order valence-electron chi connectivity index (χ4n) is 1.89. The Hall–Kier alpha value is -0.520. The van der Waals surface area contributed by atoms with Gasteiger partial charge >= 0.3 is 6.09 Å². The molecule has 1 saturated heterocycles. The lowest BCUT2D eigenvalue weighted by Gasteiger charge is -2.35. The second kappa shape index (κ2) is 8.05. The maximum absolute atomic E-state index is 13.5. The molecule has 120 valence electrons. The normalized spacial score (nSPS) is 17.3. The van der Waals surface area contributed by atoms with Crippen LogP contribution in [0, 0.1) is 5.92 Å². The Bertz CT molecular complexity index is 298. The van der Waals surface area contributed by atoms with Gasteiger partial charge in [-0.2, -0.15) is 8.78 Å². The van der Waals surface area contributed by atoms with Crippen molar-refractivity contribution >= 4 is 17.9 Å². The van der Waals surface area contributed by atoms with Crippen molar-refractivity contribution in [2.75, 3.05) is 19.3 Å². The van der Waals surface area contributed by atoms with E-state index < -0.39 is 22.9 Å². The lowest BCUT2D eigenvalue weighted by molar-refractivity contribution is -0.0122. The molecule has 0 N–H and O–H groups in total. The van der Waals surface area contributed by atoms with Crippen LogP contribution in [-0.4, -0.2) is 41.2 Å². The number of ether oxygens (including phenoxy) is 1. The summed E-state index contributed by atoms with van der Waals surface area (Å²) in [5.41, 5.74) is -0.545. The molecule has 0 atom stereocenters. The van der Waals surface area contributed by atoms with Crippen LogP contribution in [0.2, 0.25) is 0 Å². The Labute approximate surface area is 125 Å². The molecule has 6 heteroatoms. The molecular formula is C14H27F2NO2S. The van der Waals surface area contributed by atoms with Gasteiger partial charge in [0.2, 0.25) is 0 Å². The Balaban J connectivity index is 0.00000172. The third kappa shape index (κ3) is 6.29. The van der Waals surface area contributed by atoms with Gasteiger partial charge in [0, 0.05) is 19.0 Å².